The molecule has 0 fully saturated rings. The maximum absolute atomic E-state index is 3.43. The number of nitrogens with zero attached hydrogens (tertiary/aromatic N) is 1. The van der Waals surface area contributed by atoms with Crippen LogP contribution in [0.2, 0.25) is 0 Å². The molecular formula is C23H20N2. The Balaban J connectivity index is 1.87. The van der Waals surface area contributed by atoms with Crippen LogP contribution in [0.15, 0.2) is 79.0 Å². The first kappa shape index (κ1) is 14.4. The molecule has 0 aliphatic carbocycles. The molecule has 2 nitrogen and oxygen atoms in total. The number of aromatic amines is 1. The Hall–Kier alpha value is -3.00. The monoisotopic (exact) mass is 324 g/mol. The zero-order chi connectivity index (χ0) is 17.0. The molecule has 0 bridgehead atoms. The highest BCUT2D eigenvalue weighted by atomic mass is 15.2. The van der Waals surface area contributed by atoms with Gasteiger partial charge in [0.05, 0.1) is 17.1 Å². The van der Waals surface area contributed by atoms with E-state index in [1.807, 2.05) is 0 Å². The van der Waals surface area contributed by atoms with Gasteiger partial charge in [-0.05, 0) is 29.3 Å². The molecule has 2 heterocycles. The number of hydrogen-bond donors (Lipinski definition) is 1. The summed E-state index contributed by atoms with van der Waals surface area (Å²) in [6.45, 7) is 4.63. The summed E-state index contributed by atoms with van der Waals surface area (Å²) in [6.07, 6.45) is 2.12. The number of aromatic nitrogens is 1. The number of rotatable bonds is 1. The molecule has 0 saturated carbocycles. The van der Waals surface area contributed by atoms with Crippen LogP contribution in [0.25, 0.3) is 10.9 Å². The van der Waals surface area contributed by atoms with Gasteiger partial charge < -0.3 is 9.88 Å². The fourth-order valence-corrected chi connectivity index (χ4v) is 4.17. The molecule has 0 radical (unpaired) electrons. The SMILES string of the molecule is CC1(C)c2ccccc2N(c2c[nH]c3ccccc23)c2ccccc21. The lowest BCUT2D eigenvalue weighted by atomic mass is 9.73. The molecule has 2 heteroatoms. The molecule has 3 aromatic carbocycles. The third kappa shape index (κ3) is 1.91. The van der Waals surface area contributed by atoms with Crippen molar-refractivity contribution in [3.05, 3.63) is 90.1 Å². The Morgan fingerprint density at radius 3 is 1.92 bits per heavy atom. The Morgan fingerprint density at radius 1 is 0.680 bits per heavy atom. The first-order chi connectivity index (χ1) is 12.2. The van der Waals surface area contributed by atoms with E-state index in [2.05, 4.69) is 103 Å². The van der Waals surface area contributed by atoms with Crippen LogP contribution in [-0.4, -0.2) is 4.98 Å². The molecule has 1 aromatic heterocycles. The van der Waals surface area contributed by atoms with Crippen molar-refractivity contribution in [2.75, 3.05) is 4.90 Å². The van der Waals surface area contributed by atoms with E-state index in [0.29, 0.717) is 0 Å². The average Bonchev–Trinajstić information content (AvgIpc) is 3.06. The van der Waals surface area contributed by atoms with Crippen LogP contribution in [0.5, 0.6) is 0 Å². The number of anilines is 3. The van der Waals surface area contributed by atoms with Crippen molar-refractivity contribution in [1.82, 2.24) is 4.98 Å². The summed E-state index contributed by atoms with van der Waals surface area (Å²) in [4.78, 5) is 5.82. The summed E-state index contributed by atoms with van der Waals surface area (Å²) in [5, 5.41) is 1.24. The summed E-state index contributed by atoms with van der Waals surface area (Å²) < 4.78 is 0. The predicted octanol–water partition coefficient (Wildman–Crippen LogP) is 6.28. The van der Waals surface area contributed by atoms with E-state index in [4.69, 9.17) is 0 Å². The van der Waals surface area contributed by atoms with Crippen LogP contribution in [0.4, 0.5) is 17.1 Å². The lowest BCUT2D eigenvalue weighted by Crippen LogP contribution is -2.30. The van der Waals surface area contributed by atoms with Gasteiger partial charge in [-0.1, -0.05) is 68.4 Å². The Kier molecular flexibility index (Phi) is 2.87. The molecular weight excluding hydrogens is 304 g/mol. The Morgan fingerprint density at radius 2 is 1.24 bits per heavy atom. The average molecular weight is 324 g/mol. The normalized spacial score (nSPS) is 15.0. The second-order valence-electron chi connectivity index (χ2n) is 7.21. The minimum absolute atomic E-state index is 0.0181. The molecule has 25 heavy (non-hydrogen) atoms. The lowest BCUT2D eigenvalue weighted by molar-refractivity contribution is 0.632. The highest BCUT2D eigenvalue weighted by Gasteiger charge is 2.36. The maximum Gasteiger partial charge on any atom is 0.0715 e. The third-order valence-electron chi connectivity index (χ3n) is 5.44. The van der Waals surface area contributed by atoms with Crippen molar-refractivity contribution >= 4 is 28.0 Å². The largest absolute Gasteiger partial charge is 0.359 e. The molecule has 1 aliphatic rings. The minimum Gasteiger partial charge on any atom is -0.359 e. The molecule has 4 aromatic rings. The van der Waals surface area contributed by atoms with Crippen molar-refractivity contribution < 1.29 is 0 Å². The Bertz CT molecular complexity index is 1040. The van der Waals surface area contributed by atoms with Crippen LogP contribution in [0.1, 0.15) is 25.0 Å². The molecule has 0 unspecified atom stereocenters. The van der Waals surface area contributed by atoms with Crippen LogP contribution < -0.4 is 4.90 Å². The first-order valence-electron chi connectivity index (χ1n) is 8.73. The fourth-order valence-electron chi connectivity index (χ4n) is 4.17. The van der Waals surface area contributed by atoms with E-state index in [-0.39, 0.29) is 5.41 Å². The van der Waals surface area contributed by atoms with Crippen molar-refractivity contribution in [1.29, 1.82) is 0 Å². The molecule has 1 aliphatic heterocycles. The zero-order valence-corrected chi connectivity index (χ0v) is 14.5. The van der Waals surface area contributed by atoms with Crippen LogP contribution >= 0.6 is 0 Å². The molecule has 122 valence electrons. The minimum atomic E-state index is -0.0181. The van der Waals surface area contributed by atoms with Gasteiger partial charge in [-0.2, -0.15) is 0 Å². The van der Waals surface area contributed by atoms with E-state index in [0.717, 1.165) is 5.52 Å². The van der Waals surface area contributed by atoms with Gasteiger partial charge >= 0.3 is 0 Å². The van der Waals surface area contributed by atoms with Crippen molar-refractivity contribution in [2.24, 2.45) is 0 Å². The van der Waals surface area contributed by atoms with Gasteiger partial charge in [-0.3, -0.25) is 0 Å². The van der Waals surface area contributed by atoms with Crippen LogP contribution in [0, 0.1) is 0 Å². The molecule has 0 amide bonds. The van der Waals surface area contributed by atoms with E-state index < -0.39 is 0 Å². The zero-order valence-electron chi connectivity index (χ0n) is 14.5. The second-order valence-corrected chi connectivity index (χ2v) is 7.21. The molecule has 0 atom stereocenters. The van der Waals surface area contributed by atoms with Gasteiger partial charge in [0.2, 0.25) is 0 Å². The number of hydrogen-bond acceptors (Lipinski definition) is 1. The summed E-state index contributed by atoms with van der Waals surface area (Å²) >= 11 is 0. The molecule has 0 spiro atoms. The summed E-state index contributed by atoms with van der Waals surface area (Å²) in [6, 6.07) is 26.0. The number of benzene rings is 3. The van der Waals surface area contributed by atoms with Crippen molar-refractivity contribution in [3.63, 3.8) is 0 Å². The smallest absolute Gasteiger partial charge is 0.0715 e. The number of fused-ring (bicyclic) bond motifs is 3. The van der Waals surface area contributed by atoms with E-state index >= 15 is 0 Å². The van der Waals surface area contributed by atoms with Crippen molar-refractivity contribution in [3.8, 4) is 0 Å². The number of H-pyrrole nitrogens is 1. The van der Waals surface area contributed by atoms with Gasteiger partial charge in [0.1, 0.15) is 0 Å². The van der Waals surface area contributed by atoms with Crippen LogP contribution in [0.3, 0.4) is 0 Å². The number of nitrogens with one attached hydrogen (secondary N) is 1. The molecule has 5 rings (SSSR count). The molecule has 1 N–H and O–H groups in total. The standard InChI is InChI=1S/C23H20N2/c1-23(2)17-10-4-7-13-20(17)25(21-14-8-5-11-18(21)23)22-15-24-19-12-6-3-9-16(19)22/h3-15,24H,1-2H3. The second kappa shape index (κ2) is 5.00. The Labute approximate surface area is 147 Å². The van der Waals surface area contributed by atoms with Gasteiger partial charge in [0, 0.05) is 22.5 Å². The van der Waals surface area contributed by atoms with Gasteiger partial charge in [0.25, 0.3) is 0 Å². The highest BCUT2D eigenvalue weighted by molar-refractivity contribution is 6.00. The van der Waals surface area contributed by atoms with E-state index in [1.165, 1.54) is 33.6 Å². The van der Waals surface area contributed by atoms with E-state index in [1.54, 1.807) is 0 Å². The summed E-state index contributed by atoms with van der Waals surface area (Å²) in [5.74, 6) is 0. The molecule has 0 saturated heterocycles. The topological polar surface area (TPSA) is 19.0 Å². The maximum atomic E-state index is 3.43. The van der Waals surface area contributed by atoms with Gasteiger partial charge in [0.15, 0.2) is 0 Å². The summed E-state index contributed by atoms with van der Waals surface area (Å²) in [5.41, 5.74) is 7.59. The van der Waals surface area contributed by atoms with Gasteiger partial charge in [-0.25, -0.2) is 0 Å². The van der Waals surface area contributed by atoms with Crippen molar-refractivity contribution in [2.45, 2.75) is 19.3 Å². The fraction of sp³-hybridized carbons (Fsp3) is 0.130. The van der Waals surface area contributed by atoms with E-state index in [9.17, 15) is 0 Å². The lowest BCUT2D eigenvalue weighted by Gasteiger charge is -2.41. The van der Waals surface area contributed by atoms with Crippen LogP contribution in [-0.2, 0) is 5.41 Å². The number of para-hydroxylation sites is 3. The quantitative estimate of drug-likeness (QED) is 0.437. The first-order valence-corrected chi connectivity index (χ1v) is 8.73. The highest BCUT2D eigenvalue weighted by Crippen LogP contribution is 2.52. The third-order valence-corrected chi connectivity index (χ3v) is 5.44. The predicted molar refractivity (Wildman–Crippen MR) is 105 cm³/mol. The summed E-state index contributed by atoms with van der Waals surface area (Å²) in [7, 11) is 0. The van der Waals surface area contributed by atoms with Gasteiger partial charge in [-0.15, -0.1) is 0 Å².